The first-order valence-electron chi connectivity index (χ1n) is 5.55. The lowest BCUT2D eigenvalue weighted by Crippen LogP contribution is -2.32. The average molecular weight is 282 g/mol. The summed E-state index contributed by atoms with van der Waals surface area (Å²) in [5, 5.41) is 9.54. The van der Waals surface area contributed by atoms with Gasteiger partial charge in [0.25, 0.3) is 11.5 Å². The minimum atomic E-state index is -0.529. The number of halogens is 1. The second kappa shape index (κ2) is 5.23. The van der Waals surface area contributed by atoms with Crippen molar-refractivity contribution in [3.63, 3.8) is 0 Å². The number of rotatable bonds is 3. The van der Waals surface area contributed by atoms with Gasteiger partial charge in [-0.25, -0.2) is 4.98 Å². The molecule has 7 nitrogen and oxygen atoms in total. The molecular weight excluding hydrogens is 270 g/mol. The van der Waals surface area contributed by atoms with Crippen LogP contribution in [0.15, 0.2) is 17.1 Å². The van der Waals surface area contributed by atoms with Crippen molar-refractivity contribution in [2.45, 2.75) is 19.9 Å². The first-order chi connectivity index (χ1) is 8.97. The van der Waals surface area contributed by atoms with Gasteiger partial charge in [0.1, 0.15) is 11.4 Å². The minimum absolute atomic E-state index is 0.0494. The van der Waals surface area contributed by atoms with Crippen molar-refractivity contribution >= 4 is 17.5 Å². The summed E-state index contributed by atoms with van der Waals surface area (Å²) in [5.74, 6) is 0.569. The van der Waals surface area contributed by atoms with Crippen molar-refractivity contribution in [3.8, 4) is 0 Å². The molecule has 0 spiro atoms. The van der Waals surface area contributed by atoms with E-state index in [1.807, 2.05) is 0 Å². The number of carbonyl (C=O) groups excluding carboxylic acids is 1. The predicted molar refractivity (Wildman–Crippen MR) is 69.1 cm³/mol. The standard InChI is InChI=1S/C11H12ClN5O2/c1-5(9-15-6(2)16-17-9)14-11(19)8-3-7(12)4-13-10(8)18/h3-5H,1-2H3,(H,13,18)(H,14,19)(H,15,16,17). The highest BCUT2D eigenvalue weighted by Crippen LogP contribution is 2.09. The van der Waals surface area contributed by atoms with Gasteiger partial charge >= 0.3 is 0 Å². The molecule has 3 N–H and O–H groups in total. The Hall–Kier alpha value is -2.15. The van der Waals surface area contributed by atoms with E-state index in [1.165, 1.54) is 12.3 Å². The van der Waals surface area contributed by atoms with Crippen LogP contribution in [0.4, 0.5) is 0 Å². The third-order valence-corrected chi connectivity index (χ3v) is 2.68. The Bertz CT molecular complexity index is 663. The molecule has 2 heterocycles. The van der Waals surface area contributed by atoms with E-state index in [4.69, 9.17) is 11.6 Å². The van der Waals surface area contributed by atoms with E-state index >= 15 is 0 Å². The van der Waals surface area contributed by atoms with E-state index in [-0.39, 0.29) is 10.6 Å². The van der Waals surface area contributed by atoms with Gasteiger partial charge < -0.3 is 10.3 Å². The number of aryl methyl sites for hydroxylation is 1. The summed E-state index contributed by atoms with van der Waals surface area (Å²) in [7, 11) is 0. The van der Waals surface area contributed by atoms with Crippen LogP contribution >= 0.6 is 11.6 Å². The zero-order chi connectivity index (χ0) is 14.0. The van der Waals surface area contributed by atoms with Gasteiger partial charge in [-0.2, -0.15) is 5.10 Å². The molecule has 1 atom stereocenters. The third-order valence-electron chi connectivity index (χ3n) is 2.46. The van der Waals surface area contributed by atoms with Crippen LogP contribution in [0, 0.1) is 6.92 Å². The summed E-state index contributed by atoms with van der Waals surface area (Å²) in [6.07, 6.45) is 1.32. The fraction of sp³-hybridized carbons (Fsp3) is 0.273. The fourth-order valence-electron chi connectivity index (χ4n) is 1.52. The number of amides is 1. The molecule has 1 unspecified atom stereocenters. The molecule has 0 aliphatic heterocycles. The molecule has 0 aliphatic carbocycles. The highest BCUT2D eigenvalue weighted by Gasteiger charge is 2.17. The molecule has 100 valence electrons. The number of aromatic nitrogens is 4. The van der Waals surface area contributed by atoms with E-state index < -0.39 is 17.5 Å². The molecule has 2 aromatic rings. The van der Waals surface area contributed by atoms with Gasteiger partial charge in [0.2, 0.25) is 0 Å². The largest absolute Gasteiger partial charge is 0.342 e. The normalized spacial score (nSPS) is 12.2. The maximum absolute atomic E-state index is 12.0. The molecule has 0 aromatic carbocycles. The van der Waals surface area contributed by atoms with Crippen molar-refractivity contribution < 1.29 is 4.79 Å². The first kappa shape index (κ1) is 13.3. The van der Waals surface area contributed by atoms with Crippen molar-refractivity contribution in [2.24, 2.45) is 0 Å². The Morgan fingerprint density at radius 1 is 1.53 bits per heavy atom. The van der Waals surface area contributed by atoms with E-state index in [9.17, 15) is 9.59 Å². The molecule has 19 heavy (non-hydrogen) atoms. The second-order valence-corrected chi connectivity index (χ2v) is 4.47. The molecule has 1 amide bonds. The fourth-order valence-corrected chi connectivity index (χ4v) is 1.68. The summed E-state index contributed by atoms with van der Waals surface area (Å²) in [4.78, 5) is 30.0. The van der Waals surface area contributed by atoms with Crippen LogP contribution in [0.25, 0.3) is 0 Å². The number of pyridine rings is 1. The van der Waals surface area contributed by atoms with Crippen LogP contribution < -0.4 is 10.9 Å². The van der Waals surface area contributed by atoms with Crippen molar-refractivity contribution in [1.82, 2.24) is 25.5 Å². The Kier molecular flexibility index (Phi) is 3.66. The maximum atomic E-state index is 12.0. The maximum Gasteiger partial charge on any atom is 0.260 e. The molecule has 2 rings (SSSR count). The van der Waals surface area contributed by atoms with E-state index in [2.05, 4.69) is 25.5 Å². The van der Waals surface area contributed by atoms with Crippen LogP contribution in [-0.2, 0) is 0 Å². The van der Waals surface area contributed by atoms with Gasteiger partial charge in [0, 0.05) is 6.20 Å². The monoisotopic (exact) mass is 281 g/mol. The quantitative estimate of drug-likeness (QED) is 0.779. The molecule has 2 aromatic heterocycles. The van der Waals surface area contributed by atoms with Gasteiger partial charge in [0.05, 0.1) is 11.1 Å². The second-order valence-electron chi connectivity index (χ2n) is 4.03. The van der Waals surface area contributed by atoms with Crippen molar-refractivity contribution in [2.75, 3.05) is 0 Å². The topological polar surface area (TPSA) is 104 Å². The summed E-state index contributed by atoms with van der Waals surface area (Å²) < 4.78 is 0. The molecule has 0 aliphatic rings. The first-order valence-corrected chi connectivity index (χ1v) is 5.93. The lowest BCUT2D eigenvalue weighted by Gasteiger charge is -2.09. The van der Waals surface area contributed by atoms with Crippen LogP contribution in [0.5, 0.6) is 0 Å². The average Bonchev–Trinajstić information content (AvgIpc) is 2.79. The van der Waals surface area contributed by atoms with Crippen LogP contribution in [0.3, 0.4) is 0 Å². The van der Waals surface area contributed by atoms with Gasteiger partial charge in [-0.1, -0.05) is 11.6 Å². The molecular formula is C11H12ClN5O2. The Morgan fingerprint density at radius 3 is 2.89 bits per heavy atom. The molecule has 0 saturated carbocycles. The highest BCUT2D eigenvalue weighted by molar-refractivity contribution is 6.30. The molecule has 8 heteroatoms. The SMILES string of the molecule is Cc1nc(C(C)NC(=O)c2cc(Cl)c[nH]c2=O)n[nH]1. The number of H-pyrrole nitrogens is 2. The molecule has 0 bridgehead atoms. The smallest absolute Gasteiger partial charge is 0.260 e. The summed E-state index contributed by atoms with van der Waals surface area (Å²) >= 11 is 5.74. The number of nitrogens with one attached hydrogen (secondary N) is 3. The molecule has 0 fully saturated rings. The Morgan fingerprint density at radius 2 is 2.26 bits per heavy atom. The summed E-state index contributed by atoms with van der Waals surface area (Å²) in [6, 6.07) is 0.891. The minimum Gasteiger partial charge on any atom is -0.342 e. The van der Waals surface area contributed by atoms with E-state index in [0.717, 1.165) is 0 Å². The zero-order valence-corrected chi connectivity index (χ0v) is 11.1. The lowest BCUT2D eigenvalue weighted by molar-refractivity contribution is 0.0937. The van der Waals surface area contributed by atoms with Crippen LogP contribution in [0.2, 0.25) is 5.02 Å². The number of hydrogen-bond donors (Lipinski definition) is 3. The van der Waals surface area contributed by atoms with Gasteiger partial charge in [-0.15, -0.1) is 0 Å². The van der Waals surface area contributed by atoms with Crippen molar-refractivity contribution in [1.29, 1.82) is 0 Å². The molecule has 0 radical (unpaired) electrons. The number of carbonyl (C=O) groups is 1. The van der Waals surface area contributed by atoms with Gasteiger partial charge in [-0.05, 0) is 19.9 Å². The van der Waals surface area contributed by atoms with Crippen LogP contribution in [-0.4, -0.2) is 26.1 Å². The van der Waals surface area contributed by atoms with E-state index in [1.54, 1.807) is 13.8 Å². The molecule has 0 saturated heterocycles. The predicted octanol–water partition coefficient (Wildman–Crippen LogP) is 0.946. The Balaban J connectivity index is 2.17. The highest BCUT2D eigenvalue weighted by atomic mass is 35.5. The van der Waals surface area contributed by atoms with Gasteiger partial charge in [-0.3, -0.25) is 14.7 Å². The third kappa shape index (κ3) is 3.00. The lowest BCUT2D eigenvalue weighted by atomic mass is 10.2. The van der Waals surface area contributed by atoms with Crippen LogP contribution in [0.1, 0.15) is 35.0 Å². The number of hydrogen-bond acceptors (Lipinski definition) is 4. The summed E-state index contributed by atoms with van der Waals surface area (Å²) in [6.45, 7) is 3.48. The Labute approximate surface area is 113 Å². The zero-order valence-electron chi connectivity index (χ0n) is 10.3. The van der Waals surface area contributed by atoms with Gasteiger partial charge in [0.15, 0.2) is 5.82 Å². The number of aromatic amines is 2. The van der Waals surface area contributed by atoms with E-state index in [0.29, 0.717) is 11.6 Å². The summed E-state index contributed by atoms with van der Waals surface area (Å²) in [5.41, 5.74) is -0.549. The number of nitrogens with zero attached hydrogens (tertiary/aromatic N) is 2. The van der Waals surface area contributed by atoms with Crippen molar-refractivity contribution in [3.05, 3.63) is 44.9 Å².